The van der Waals surface area contributed by atoms with E-state index in [4.69, 9.17) is 4.74 Å². The Labute approximate surface area is 85.1 Å². The molecule has 0 radical (unpaired) electrons. The lowest BCUT2D eigenvalue weighted by atomic mass is 10.5. The van der Waals surface area contributed by atoms with Crippen molar-refractivity contribution >= 4 is 5.97 Å². The van der Waals surface area contributed by atoms with Crippen LogP contribution in [0.15, 0.2) is 12.4 Å². The summed E-state index contributed by atoms with van der Waals surface area (Å²) in [4.78, 5) is 15.2. The molecule has 1 aliphatic heterocycles. The van der Waals surface area contributed by atoms with Gasteiger partial charge in [0.1, 0.15) is 0 Å². The zero-order chi connectivity index (χ0) is 10.6. The minimum atomic E-state index is -0.238. The molecule has 14 heavy (non-hydrogen) atoms. The number of esters is 1. The van der Waals surface area contributed by atoms with E-state index in [-0.39, 0.29) is 12.3 Å². The minimum Gasteiger partial charge on any atom is -0.422 e. The van der Waals surface area contributed by atoms with Gasteiger partial charge in [0.05, 0.1) is 0 Å². The van der Waals surface area contributed by atoms with Crippen LogP contribution in [0.5, 0.6) is 0 Å². The lowest BCUT2D eigenvalue weighted by Gasteiger charge is -2.30. The Balaban J connectivity index is 2.58. The molecule has 1 aliphatic rings. The summed E-state index contributed by atoms with van der Waals surface area (Å²) in [5, 5.41) is 0. The molecule has 0 aromatic heterocycles. The summed E-state index contributed by atoms with van der Waals surface area (Å²) < 4.78 is 5.32. The second-order valence-electron chi connectivity index (χ2n) is 3.13. The minimum absolute atomic E-state index is 0.157. The molecule has 0 saturated heterocycles. The van der Waals surface area contributed by atoms with Gasteiger partial charge < -0.3 is 14.5 Å². The SMILES string of the molecule is CCC(=O)OC1N(CC)C=CN1CC. The van der Waals surface area contributed by atoms with Gasteiger partial charge in [0.2, 0.25) is 0 Å². The normalized spacial score (nSPS) is 16.5. The summed E-state index contributed by atoms with van der Waals surface area (Å²) in [5.74, 6) is -0.157. The van der Waals surface area contributed by atoms with Gasteiger partial charge >= 0.3 is 5.97 Å². The fourth-order valence-electron chi connectivity index (χ4n) is 1.37. The van der Waals surface area contributed by atoms with Crippen LogP contribution >= 0.6 is 0 Å². The predicted octanol–water partition coefficient (Wildman–Crippen LogP) is 1.35. The van der Waals surface area contributed by atoms with E-state index in [1.165, 1.54) is 0 Å². The summed E-state index contributed by atoms with van der Waals surface area (Å²) >= 11 is 0. The van der Waals surface area contributed by atoms with Crippen molar-refractivity contribution in [1.82, 2.24) is 9.80 Å². The molecule has 0 aromatic carbocycles. The third-order valence-electron chi connectivity index (χ3n) is 2.27. The predicted molar refractivity (Wildman–Crippen MR) is 54.1 cm³/mol. The van der Waals surface area contributed by atoms with Gasteiger partial charge in [-0.1, -0.05) is 6.92 Å². The first kappa shape index (κ1) is 10.9. The van der Waals surface area contributed by atoms with Crippen LogP contribution in [0.25, 0.3) is 0 Å². The number of ether oxygens (including phenoxy) is 1. The molecule has 0 saturated carbocycles. The van der Waals surface area contributed by atoms with E-state index < -0.39 is 0 Å². The van der Waals surface area contributed by atoms with Crippen molar-refractivity contribution in [3.63, 3.8) is 0 Å². The lowest BCUT2D eigenvalue weighted by molar-refractivity contribution is -0.167. The first-order chi connectivity index (χ1) is 6.72. The summed E-state index contributed by atoms with van der Waals surface area (Å²) in [6.45, 7) is 7.56. The highest BCUT2D eigenvalue weighted by Gasteiger charge is 2.26. The molecular formula is C10H18N2O2. The van der Waals surface area contributed by atoms with Crippen LogP contribution in [-0.2, 0) is 9.53 Å². The molecule has 80 valence electrons. The molecule has 4 heteroatoms. The van der Waals surface area contributed by atoms with Crippen LogP contribution in [0.3, 0.4) is 0 Å². The molecule has 0 N–H and O–H groups in total. The quantitative estimate of drug-likeness (QED) is 0.638. The molecular weight excluding hydrogens is 180 g/mol. The van der Waals surface area contributed by atoms with Crippen molar-refractivity contribution in [2.45, 2.75) is 33.5 Å². The van der Waals surface area contributed by atoms with Crippen LogP contribution in [0.2, 0.25) is 0 Å². The van der Waals surface area contributed by atoms with E-state index >= 15 is 0 Å². The average molecular weight is 198 g/mol. The Hall–Kier alpha value is -1.19. The van der Waals surface area contributed by atoms with Crippen molar-refractivity contribution in [3.05, 3.63) is 12.4 Å². The Morgan fingerprint density at radius 3 is 2.07 bits per heavy atom. The van der Waals surface area contributed by atoms with Gasteiger partial charge in [-0.15, -0.1) is 0 Å². The third kappa shape index (κ3) is 2.19. The van der Waals surface area contributed by atoms with Gasteiger partial charge in [0.25, 0.3) is 6.35 Å². The van der Waals surface area contributed by atoms with E-state index in [0.29, 0.717) is 6.42 Å². The maximum atomic E-state index is 11.2. The Bertz CT molecular complexity index is 214. The zero-order valence-electron chi connectivity index (χ0n) is 9.06. The van der Waals surface area contributed by atoms with Crippen LogP contribution in [-0.4, -0.2) is 35.2 Å². The molecule has 1 rings (SSSR count). The summed E-state index contributed by atoms with van der Waals surface area (Å²) in [6, 6.07) is 0. The number of hydrogen-bond donors (Lipinski definition) is 0. The van der Waals surface area contributed by atoms with Crippen LogP contribution in [0, 0.1) is 0 Å². The number of rotatable bonds is 4. The van der Waals surface area contributed by atoms with Crippen molar-refractivity contribution in [2.75, 3.05) is 13.1 Å². The van der Waals surface area contributed by atoms with Gasteiger partial charge in [0, 0.05) is 31.9 Å². The van der Waals surface area contributed by atoms with Crippen LogP contribution in [0.4, 0.5) is 0 Å². The number of carbonyl (C=O) groups excluding carboxylic acids is 1. The summed E-state index contributed by atoms with van der Waals surface area (Å²) in [6.07, 6.45) is 4.09. The second kappa shape index (κ2) is 4.88. The number of carbonyl (C=O) groups is 1. The van der Waals surface area contributed by atoms with Gasteiger partial charge in [-0.2, -0.15) is 0 Å². The first-order valence-corrected chi connectivity index (χ1v) is 5.12. The summed E-state index contributed by atoms with van der Waals surface area (Å²) in [7, 11) is 0. The molecule has 0 fully saturated rings. The first-order valence-electron chi connectivity index (χ1n) is 5.12. The van der Waals surface area contributed by atoms with Crippen molar-refractivity contribution in [3.8, 4) is 0 Å². The third-order valence-corrected chi connectivity index (χ3v) is 2.27. The summed E-state index contributed by atoms with van der Waals surface area (Å²) in [5.41, 5.74) is 0. The largest absolute Gasteiger partial charge is 0.422 e. The molecule has 0 spiro atoms. The van der Waals surface area contributed by atoms with Gasteiger partial charge in [-0.25, -0.2) is 0 Å². The van der Waals surface area contributed by atoms with Crippen LogP contribution in [0.1, 0.15) is 27.2 Å². The van der Waals surface area contributed by atoms with Gasteiger partial charge in [-0.3, -0.25) is 4.79 Å². The molecule has 0 atom stereocenters. The fraction of sp³-hybridized carbons (Fsp3) is 0.700. The van der Waals surface area contributed by atoms with Gasteiger partial charge in [0.15, 0.2) is 0 Å². The highest BCUT2D eigenvalue weighted by atomic mass is 16.6. The molecule has 0 amide bonds. The standard InChI is InChI=1S/C10H18N2O2/c1-4-9(13)14-10-11(5-2)7-8-12(10)6-3/h7-8,10H,4-6H2,1-3H3. The van der Waals surface area contributed by atoms with E-state index in [9.17, 15) is 4.79 Å². The van der Waals surface area contributed by atoms with E-state index in [1.54, 1.807) is 6.92 Å². The Morgan fingerprint density at radius 1 is 1.21 bits per heavy atom. The van der Waals surface area contributed by atoms with Crippen LogP contribution < -0.4 is 0 Å². The molecule has 0 bridgehead atoms. The smallest absolute Gasteiger partial charge is 0.308 e. The monoisotopic (exact) mass is 198 g/mol. The maximum absolute atomic E-state index is 11.2. The number of hydrogen-bond acceptors (Lipinski definition) is 4. The van der Waals surface area contributed by atoms with Crippen molar-refractivity contribution < 1.29 is 9.53 Å². The Morgan fingerprint density at radius 2 is 1.71 bits per heavy atom. The lowest BCUT2D eigenvalue weighted by Crippen LogP contribution is -2.41. The van der Waals surface area contributed by atoms with E-state index in [0.717, 1.165) is 13.1 Å². The zero-order valence-corrected chi connectivity index (χ0v) is 9.06. The van der Waals surface area contributed by atoms with Gasteiger partial charge in [-0.05, 0) is 13.8 Å². The van der Waals surface area contributed by atoms with E-state index in [2.05, 4.69) is 0 Å². The van der Waals surface area contributed by atoms with Crippen molar-refractivity contribution in [1.29, 1.82) is 0 Å². The molecule has 0 aliphatic carbocycles. The topological polar surface area (TPSA) is 32.8 Å². The number of nitrogens with zero attached hydrogens (tertiary/aromatic N) is 2. The Kier molecular flexibility index (Phi) is 3.80. The second-order valence-corrected chi connectivity index (χ2v) is 3.13. The fourth-order valence-corrected chi connectivity index (χ4v) is 1.37. The molecule has 0 aromatic rings. The highest BCUT2D eigenvalue weighted by Crippen LogP contribution is 2.16. The average Bonchev–Trinajstić information content (AvgIpc) is 2.60. The van der Waals surface area contributed by atoms with Crippen molar-refractivity contribution in [2.24, 2.45) is 0 Å². The molecule has 1 heterocycles. The molecule has 0 unspecified atom stereocenters. The highest BCUT2D eigenvalue weighted by molar-refractivity contribution is 5.69. The molecule has 4 nitrogen and oxygen atoms in total. The maximum Gasteiger partial charge on any atom is 0.308 e. The van der Waals surface area contributed by atoms with E-state index in [1.807, 2.05) is 36.0 Å².